The Labute approximate surface area is 168 Å². The van der Waals surface area contributed by atoms with Crippen molar-refractivity contribution in [2.24, 2.45) is 0 Å². The van der Waals surface area contributed by atoms with Gasteiger partial charge in [-0.3, -0.25) is 24.1 Å². The van der Waals surface area contributed by atoms with Gasteiger partial charge in [0, 0.05) is 5.56 Å². The minimum Gasteiger partial charge on any atom is -0.493 e. The first kappa shape index (κ1) is 20.6. The lowest BCUT2D eigenvalue weighted by Gasteiger charge is -2.17. The molecule has 29 heavy (non-hydrogen) atoms. The molecule has 9 nitrogen and oxygen atoms in total. The van der Waals surface area contributed by atoms with Crippen LogP contribution in [0.4, 0.5) is 0 Å². The highest BCUT2D eigenvalue weighted by molar-refractivity contribution is 6.09. The Morgan fingerprint density at radius 2 is 1.86 bits per heavy atom. The summed E-state index contributed by atoms with van der Waals surface area (Å²) >= 11 is 0. The summed E-state index contributed by atoms with van der Waals surface area (Å²) in [4.78, 5) is 49.2. The largest absolute Gasteiger partial charge is 0.493 e. The number of rotatable bonds is 7. The third kappa shape index (κ3) is 4.67. The van der Waals surface area contributed by atoms with E-state index < -0.39 is 36.3 Å². The summed E-state index contributed by atoms with van der Waals surface area (Å²) in [7, 11) is 2.69. The molecule has 0 unspecified atom stereocenters. The van der Waals surface area contributed by atoms with Crippen LogP contribution in [0.25, 0.3) is 0 Å². The van der Waals surface area contributed by atoms with Crippen molar-refractivity contribution in [1.82, 2.24) is 10.2 Å². The number of nitrogens with one attached hydrogen (secondary N) is 1. The summed E-state index contributed by atoms with van der Waals surface area (Å²) < 4.78 is 15.8. The fourth-order valence-corrected chi connectivity index (χ4v) is 3.49. The van der Waals surface area contributed by atoms with Gasteiger partial charge in [-0.25, -0.2) is 0 Å². The number of likely N-dealkylation sites (tertiary alicyclic amines) is 1. The molecule has 1 atom stereocenters. The van der Waals surface area contributed by atoms with Gasteiger partial charge in [-0.1, -0.05) is 0 Å². The van der Waals surface area contributed by atoms with Gasteiger partial charge in [0.15, 0.2) is 11.5 Å². The number of hydrogen-bond acceptors (Lipinski definition) is 7. The third-order valence-electron chi connectivity index (χ3n) is 5.09. The fraction of sp³-hybridized carbons (Fsp3) is 0.500. The van der Waals surface area contributed by atoms with E-state index in [2.05, 4.69) is 10.1 Å². The van der Waals surface area contributed by atoms with Crippen molar-refractivity contribution >= 4 is 23.7 Å². The molecule has 0 aromatic heterocycles. The van der Waals surface area contributed by atoms with E-state index in [1.54, 1.807) is 18.2 Å². The predicted molar refractivity (Wildman–Crippen MR) is 100 cm³/mol. The normalized spacial score (nSPS) is 19.4. The van der Waals surface area contributed by atoms with E-state index in [9.17, 15) is 19.2 Å². The van der Waals surface area contributed by atoms with Crippen LogP contribution in [0.5, 0.6) is 11.5 Å². The topological polar surface area (TPSA) is 111 Å². The summed E-state index contributed by atoms with van der Waals surface area (Å²) in [6.45, 7) is -0.470. The quantitative estimate of drug-likeness (QED) is 0.534. The number of nitrogens with zero attached hydrogens (tertiary/aromatic N) is 1. The van der Waals surface area contributed by atoms with Crippen LogP contribution >= 0.6 is 0 Å². The Morgan fingerprint density at radius 1 is 1.14 bits per heavy atom. The maximum Gasteiger partial charge on any atom is 0.325 e. The molecular formula is C20H24N2O7. The van der Waals surface area contributed by atoms with E-state index in [1.807, 2.05) is 0 Å². The zero-order chi connectivity index (χ0) is 21.0. The minimum absolute atomic E-state index is 0.0862. The molecule has 1 heterocycles. The van der Waals surface area contributed by atoms with Gasteiger partial charge in [0.05, 0.1) is 26.7 Å². The molecule has 0 bridgehead atoms. The first-order valence-electron chi connectivity index (χ1n) is 9.49. The molecule has 9 heteroatoms. The zero-order valence-electron chi connectivity index (χ0n) is 16.4. The molecule has 1 saturated carbocycles. The molecule has 3 amide bonds. The highest BCUT2D eigenvalue weighted by Crippen LogP contribution is 2.32. The number of ether oxygens (including phenoxy) is 3. The number of imide groups is 1. The van der Waals surface area contributed by atoms with Crippen molar-refractivity contribution in [3.63, 3.8) is 0 Å². The van der Waals surface area contributed by atoms with Crippen LogP contribution in [0.3, 0.4) is 0 Å². The number of carbonyl (C=O) groups is 4. The number of benzene rings is 1. The van der Waals surface area contributed by atoms with Gasteiger partial charge in [-0.15, -0.1) is 0 Å². The third-order valence-corrected chi connectivity index (χ3v) is 5.09. The van der Waals surface area contributed by atoms with Crippen LogP contribution in [0, 0.1) is 0 Å². The van der Waals surface area contributed by atoms with Crippen molar-refractivity contribution in [3.05, 3.63) is 23.8 Å². The van der Waals surface area contributed by atoms with Crippen LogP contribution in [0.15, 0.2) is 18.2 Å². The molecule has 1 aromatic carbocycles. The van der Waals surface area contributed by atoms with E-state index in [4.69, 9.17) is 9.47 Å². The molecule has 2 aliphatic rings. The maximum atomic E-state index is 12.6. The summed E-state index contributed by atoms with van der Waals surface area (Å²) in [5.74, 6) is -1.41. The number of amides is 3. The Hall–Kier alpha value is -3.10. The summed E-state index contributed by atoms with van der Waals surface area (Å²) in [5, 5.41) is 2.56. The van der Waals surface area contributed by atoms with Crippen LogP contribution in [-0.4, -0.2) is 61.5 Å². The number of hydrogen-bond donors (Lipinski definition) is 1. The lowest BCUT2D eigenvalue weighted by Crippen LogP contribution is -2.43. The molecular weight excluding hydrogens is 380 g/mol. The molecule has 1 aromatic rings. The molecule has 3 rings (SSSR count). The molecule has 1 saturated heterocycles. The first-order valence-corrected chi connectivity index (χ1v) is 9.49. The van der Waals surface area contributed by atoms with Gasteiger partial charge < -0.3 is 19.5 Å². The maximum absolute atomic E-state index is 12.6. The van der Waals surface area contributed by atoms with E-state index in [0.29, 0.717) is 11.5 Å². The summed E-state index contributed by atoms with van der Waals surface area (Å²) in [6.07, 6.45) is 3.99. The second-order valence-corrected chi connectivity index (χ2v) is 7.01. The van der Waals surface area contributed by atoms with Gasteiger partial charge in [-0.2, -0.15) is 0 Å². The van der Waals surface area contributed by atoms with Gasteiger partial charge in [0.1, 0.15) is 12.6 Å². The van der Waals surface area contributed by atoms with E-state index in [-0.39, 0.29) is 18.1 Å². The second kappa shape index (κ2) is 8.93. The minimum atomic E-state index is -1.03. The average Bonchev–Trinajstić information content (AvgIpc) is 3.31. The molecule has 0 radical (unpaired) electrons. The fourth-order valence-electron chi connectivity index (χ4n) is 3.49. The highest BCUT2D eigenvalue weighted by atomic mass is 16.5. The van der Waals surface area contributed by atoms with Gasteiger partial charge in [0.25, 0.3) is 11.8 Å². The van der Waals surface area contributed by atoms with Crippen molar-refractivity contribution in [1.29, 1.82) is 0 Å². The van der Waals surface area contributed by atoms with Crippen LogP contribution < -0.4 is 14.8 Å². The van der Waals surface area contributed by atoms with Gasteiger partial charge >= 0.3 is 5.97 Å². The Morgan fingerprint density at radius 3 is 2.52 bits per heavy atom. The van der Waals surface area contributed by atoms with Gasteiger partial charge in [-0.05, 0) is 43.9 Å². The lowest BCUT2D eigenvalue weighted by atomic mass is 10.1. The SMILES string of the molecule is COC(=O)CN1C(=O)C[C@H](NC(=O)c2ccc(OC)c(OC3CCCC3)c2)C1=O. The van der Waals surface area contributed by atoms with Crippen molar-refractivity contribution in [2.45, 2.75) is 44.2 Å². The standard InChI is InChI=1S/C20H24N2O7/c1-27-15-8-7-12(9-16(15)29-13-5-3-4-6-13)19(25)21-14-10-17(23)22(20(14)26)11-18(24)28-2/h7-9,13-14H,3-6,10-11H2,1-2H3,(H,21,25)/t14-/m0/s1. The van der Waals surface area contributed by atoms with Crippen molar-refractivity contribution in [3.8, 4) is 11.5 Å². The average molecular weight is 404 g/mol. The Kier molecular flexibility index (Phi) is 6.36. The highest BCUT2D eigenvalue weighted by Gasteiger charge is 2.40. The monoisotopic (exact) mass is 404 g/mol. The second-order valence-electron chi connectivity index (χ2n) is 7.01. The van der Waals surface area contributed by atoms with E-state index in [0.717, 1.165) is 30.6 Å². The van der Waals surface area contributed by atoms with E-state index >= 15 is 0 Å². The van der Waals surface area contributed by atoms with Crippen molar-refractivity contribution in [2.75, 3.05) is 20.8 Å². The molecule has 1 aliphatic heterocycles. The molecule has 2 fully saturated rings. The van der Waals surface area contributed by atoms with Crippen LogP contribution in [0.2, 0.25) is 0 Å². The molecule has 1 N–H and O–H groups in total. The summed E-state index contributed by atoms with van der Waals surface area (Å²) in [6, 6.07) is 3.73. The van der Waals surface area contributed by atoms with Crippen LogP contribution in [-0.2, 0) is 19.1 Å². The van der Waals surface area contributed by atoms with E-state index in [1.165, 1.54) is 14.2 Å². The lowest BCUT2D eigenvalue weighted by molar-refractivity contribution is -0.150. The number of carbonyl (C=O) groups excluding carboxylic acids is 4. The van der Waals surface area contributed by atoms with Crippen molar-refractivity contribution < 1.29 is 33.4 Å². The first-order chi connectivity index (χ1) is 13.9. The zero-order valence-corrected chi connectivity index (χ0v) is 16.4. The number of esters is 1. The molecule has 1 aliphatic carbocycles. The molecule has 156 valence electrons. The predicted octanol–water partition coefficient (Wildman–Crippen LogP) is 1.05. The molecule has 0 spiro atoms. The Balaban J connectivity index is 1.69. The van der Waals surface area contributed by atoms with Crippen LogP contribution in [0.1, 0.15) is 42.5 Å². The number of methoxy groups -OCH3 is 2. The summed E-state index contributed by atoms with van der Waals surface area (Å²) in [5.41, 5.74) is 0.283. The van der Waals surface area contributed by atoms with Gasteiger partial charge in [0.2, 0.25) is 5.91 Å². The smallest absolute Gasteiger partial charge is 0.325 e. The Bertz CT molecular complexity index is 817.